The first-order valence-corrected chi connectivity index (χ1v) is 7.05. The monoisotopic (exact) mass is 280 g/mol. The number of hydrogen-bond donors (Lipinski definition) is 2. The molecule has 0 saturated heterocycles. The minimum Gasteiger partial charge on any atom is -0.481 e. The predicted molar refractivity (Wildman–Crippen MR) is 77.7 cm³/mol. The summed E-state index contributed by atoms with van der Waals surface area (Å²) in [6, 6.07) is 5.59. The van der Waals surface area contributed by atoms with Gasteiger partial charge in [0.05, 0.1) is 18.2 Å². The van der Waals surface area contributed by atoms with E-state index in [0.717, 1.165) is 5.69 Å². The van der Waals surface area contributed by atoms with E-state index in [-0.39, 0.29) is 5.92 Å². The molecule has 0 aliphatic heterocycles. The van der Waals surface area contributed by atoms with Gasteiger partial charge in [0.1, 0.15) is 0 Å². The first-order chi connectivity index (χ1) is 9.52. The van der Waals surface area contributed by atoms with Gasteiger partial charge in [-0.3, -0.25) is 4.79 Å². The molecule has 0 saturated carbocycles. The van der Waals surface area contributed by atoms with E-state index < -0.39 is 5.97 Å². The van der Waals surface area contributed by atoms with Crippen molar-refractivity contribution in [1.82, 2.24) is 10.3 Å². The molecule has 1 unspecified atom stereocenters. The Hall–Kier alpha value is -1.62. The largest absolute Gasteiger partial charge is 0.481 e. The average Bonchev–Trinajstić information content (AvgIpc) is 2.38. The first-order valence-electron chi connectivity index (χ1n) is 7.05. The van der Waals surface area contributed by atoms with E-state index in [1.165, 1.54) is 0 Å². The van der Waals surface area contributed by atoms with Crippen LogP contribution in [-0.2, 0) is 11.3 Å². The molecule has 0 amide bonds. The van der Waals surface area contributed by atoms with Gasteiger partial charge in [0.2, 0.25) is 5.88 Å². The Balaban J connectivity index is 2.45. The topological polar surface area (TPSA) is 71.5 Å². The molecule has 0 spiro atoms. The average molecular weight is 280 g/mol. The van der Waals surface area contributed by atoms with Gasteiger partial charge in [-0.1, -0.05) is 19.9 Å². The van der Waals surface area contributed by atoms with Gasteiger partial charge in [-0.05, 0) is 25.3 Å². The van der Waals surface area contributed by atoms with Crippen LogP contribution in [0.1, 0.15) is 32.9 Å². The minimum absolute atomic E-state index is 0.356. The van der Waals surface area contributed by atoms with E-state index in [4.69, 9.17) is 9.84 Å². The standard InChI is InChI=1S/C15H24N2O3/c1-4-20-14-7-5-6-13(17-14)10-16-9-12(15(18)19)8-11(2)3/h5-7,11-12,16H,4,8-10H2,1-3H3,(H,18,19). The van der Waals surface area contributed by atoms with E-state index in [1.807, 2.05) is 39.0 Å². The second kappa shape index (κ2) is 8.53. The second-order valence-corrected chi connectivity index (χ2v) is 5.20. The highest BCUT2D eigenvalue weighted by atomic mass is 16.5. The molecule has 0 aliphatic carbocycles. The third kappa shape index (κ3) is 6.02. The molecule has 0 aliphatic rings. The number of nitrogens with zero attached hydrogens (tertiary/aromatic N) is 1. The lowest BCUT2D eigenvalue weighted by atomic mass is 9.97. The molecule has 0 aromatic carbocycles. The van der Waals surface area contributed by atoms with Crippen molar-refractivity contribution >= 4 is 5.97 Å². The number of pyridine rings is 1. The third-order valence-electron chi connectivity index (χ3n) is 2.88. The normalized spacial score (nSPS) is 12.4. The number of ether oxygens (including phenoxy) is 1. The number of nitrogens with one attached hydrogen (secondary N) is 1. The Bertz CT molecular complexity index is 421. The molecule has 2 N–H and O–H groups in total. The molecule has 1 atom stereocenters. The predicted octanol–water partition coefficient (Wildman–Crippen LogP) is 2.32. The molecule has 20 heavy (non-hydrogen) atoms. The fourth-order valence-electron chi connectivity index (χ4n) is 2.00. The Morgan fingerprint density at radius 3 is 2.80 bits per heavy atom. The van der Waals surface area contributed by atoms with Crippen molar-refractivity contribution in [2.45, 2.75) is 33.7 Å². The van der Waals surface area contributed by atoms with Crippen LogP contribution in [-0.4, -0.2) is 29.2 Å². The van der Waals surface area contributed by atoms with Crippen LogP contribution in [0, 0.1) is 11.8 Å². The number of carboxylic acid groups (broad SMARTS) is 1. The molecule has 5 nitrogen and oxygen atoms in total. The van der Waals surface area contributed by atoms with Gasteiger partial charge in [-0.25, -0.2) is 4.98 Å². The lowest BCUT2D eigenvalue weighted by Crippen LogP contribution is -2.29. The van der Waals surface area contributed by atoms with Crippen LogP contribution in [0.25, 0.3) is 0 Å². The van der Waals surface area contributed by atoms with Gasteiger partial charge in [-0.2, -0.15) is 0 Å². The summed E-state index contributed by atoms with van der Waals surface area (Å²) >= 11 is 0. The Labute approximate surface area is 120 Å². The smallest absolute Gasteiger partial charge is 0.307 e. The lowest BCUT2D eigenvalue weighted by molar-refractivity contribution is -0.142. The van der Waals surface area contributed by atoms with Crippen LogP contribution < -0.4 is 10.1 Å². The van der Waals surface area contributed by atoms with E-state index in [2.05, 4.69) is 10.3 Å². The summed E-state index contributed by atoms with van der Waals surface area (Å²) in [4.78, 5) is 15.5. The van der Waals surface area contributed by atoms with Crippen LogP contribution >= 0.6 is 0 Å². The van der Waals surface area contributed by atoms with E-state index in [1.54, 1.807) is 0 Å². The van der Waals surface area contributed by atoms with E-state index in [0.29, 0.717) is 37.9 Å². The number of aromatic nitrogens is 1. The zero-order chi connectivity index (χ0) is 15.0. The highest BCUT2D eigenvalue weighted by molar-refractivity contribution is 5.70. The lowest BCUT2D eigenvalue weighted by Gasteiger charge is -2.15. The van der Waals surface area contributed by atoms with Gasteiger partial charge >= 0.3 is 5.97 Å². The molecule has 1 heterocycles. The minimum atomic E-state index is -0.748. The summed E-state index contributed by atoms with van der Waals surface area (Å²) in [6.07, 6.45) is 0.675. The van der Waals surface area contributed by atoms with Gasteiger partial charge in [-0.15, -0.1) is 0 Å². The van der Waals surface area contributed by atoms with Gasteiger partial charge in [0.15, 0.2) is 0 Å². The summed E-state index contributed by atoms with van der Waals surface area (Å²) in [5.74, 6) is -0.131. The maximum Gasteiger partial charge on any atom is 0.307 e. The SMILES string of the molecule is CCOc1cccc(CNCC(CC(C)C)C(=O)O)n1. The molecule has 1 aromatic rings. The van der Waals surface area contributed by atoms with Crippen molar-refractivity contribution in [1.29, 1.82) is 0 Å². The Morgan fingerprint density at radius 1 is 1.45 bits per heavy atom. The maximum atomic E-state index is 11.1. The zero-order valence-electron chi connectivity index (χ0n) is 12.4. The third-order valence-corrected chi connectivity index (χ3v) is 2.88. The fourth-order valence-corrected chi connectivity index (χ4v) is 2.00. The van der Waals surface area contributed by atoms with Crippen molar-refractivity contribution in [2.75, 3.05) is 13.2 Å². The Kier molecular flexibility index (Phi) is 7.01. The highest BCUT2D eigenvalue weighted by Crippen LogP contribution is 2.12. The van der Waals surface area contributed by atoms with Crippen LogP contribution in [0.15, 0.2) is 18.2 Å². The van der Waals surface area contributed by atoms with Crippen LogP contribution in [0.2, 0.25) is 0 Å². The van der Waals surface area contributed by atoms with E-state index in [9.17, 15) is 4.79 Å². The van der Waals surface area contributed by atoms with Crippen LogP contribution in [0.4, 0.5) is 0 Å². The molecule has 5 heteroatoms. The summed E-state index contributed by atoms with van der Waals surface area (Å²) in [5, 5.41) is 12.3. The Morgan fingerprint density at radius 2 is 2.20 bits per heavy atom. The van der Waals surface area contributed by atoms with Gasteiger partial charge in [0, 0.05) is 19.2 Å². The van der Waals surface area contributed by atoms with Crippen molar-refractivity contribution < 1.29 is 14.6 Å². The molecule has 0 fully saturated rings. The molecule has 0 radical (unpaired) electrons. The molecule has 1 rings (SSSR count). The number of rotatable bonds is 9. The number of carbonyl (C=O) groups is 1. The summed E-state index contributed by atoms with van der Waals surface area (Å²) < 4.78 is 5.33. The number of carboxylic acids is 1. The highest BCUT2D eigenvalue weighted by Gasteiger charge is 2.18. The summed E-state index contributed by atoms with van der Waals surface area (Å²) in [5.41, 5.74) is 0.852. The quantitative estimate of drug-likeness (QED) is 0.726. The van der Waals surface area contributed by atoms with Crippen molar-refractivity contribution in [3.8, 4) is 5.88 Å². The molecule has 0 bridgehead atoms. The van der Waals surface area contributed by atoms with Gasteiger partial charge in [0.25, 0.3) is 0 Å². The van der Waals surface area contributed by atoms with E-state index >= 15 is 0 Å². The summed E-state index contributed by atoms with van der Waals surface area (Å²) in [6.45, 7) is 7.55. The maximum absolute atomic E-state index is 11.1. The molecule has 1 aromatic heterocycles. The number of hydrogen-bond acceptors (Lipinski definition) is 4. The van der Waals surface area contributed by atoms with Gasteiger partial charge < -0.3 is 15.2 Å². The zero-order valence-corrected chi connectivity index (χ0v) is 12.4. The number of aliphatic carboxylic acids is 1. The van der Waals surface area contributed by atoms with Crippen LogP contribution in [0.3, 0.4) is 0 Å². The second-order valence-electron chi connectivity index (χ2n) is 5.20. The van der Waals surface area contributed by atoms with Crippen molar-refractivity contribution in [3.05, 3.63) is 23.9 Å². The first kappa shape index (κ1) is 16.4. The molecule has 112 valence electrons. The fraction of sp³-hybridized carbons (Fsp3) is 0.600. The molecular weight excluding hydrogens is 256 g/mol. The van der Waals surface area contributed by atoms with Crippen molar-refractivity contribution in [2.24, 2.45) is 11.8 Å². The van der Waals surface area contributed by atoms with Crippen molar-refractivity contribution in [3.63, 3.8) is 0 Å². The molecular formula is C15H24N2O3. The summed E-state index contributed by atoms with van der Waals surface area (Å²) in [7, 11) is 0. The van der Waals surface area contributed by atoms with Crippen LogP contribution in [0.5, 0.6) is 5.88 Å².